The number of ether oxygens (including phenoxy) is 3. The molecular weight excluding hydrogens is 700 g/mol. The molecule has 0 aliphatic carbocycles. The van der Waals surface area contributed by atoms with Crippen molar-refractivity contribution in [1.82, 2.24) is 35.3 Å². The molecule has 1 aromatic carbocycles. The molecule has 0 amide bonds. The van der Waals surface area contributed by atoms with Gasteiger partial charge < -0.3 is 14.2 Å². The van der Waals surface area contributed by atoms with Gasteiger partial charge in [0, 0.05) is 24.9 Å². The molecule has 0 saturated carbocycles. The monoisotopic (exact) mass is 738 g/mol. The van der Waals surface area contributed by atoms with Crippen molar-refractivity contribution in [2.75, 3.05) is 26.3 Å². The molecule has 0 fully saturated rings. The lowest BCUT2D eigenvalue weighted by molar-refractivity contribution is -0.384. The van der Waals surface area contributed by atoms with Gasteiger partial charge in [0.05, 0.1) is 29.1 Å². The SMILES string of the molecule is CC(C)(C)OC(=O)CN(CC(=O)OC(C)(C)C)Cc1ccc(-c2nnc(-c3ccc(OCCOS(=O)(=O)c4ccc([N+](=O)[O-])cc4)cn3)nn2)nc1. The average Bonchev–Trinajstić information content (AvgIpc) is 3.06. The van der Waals surface area contributed by atoms with Crippen LogP contribution in [0.1, 0.15) is 47.1 Å². The van der Waals surface area contributed by atoms with Crippen LogP contribution in [0.2, 0.25) is 0 Å². The molecule has 276 valence electrons. The van der Waals surface area contributed by atoms with E-state index in [2.05, 4.69) is 30.4 Å². The van der Waals surface area contributed by atoms with Crippen molar-refractivity contribution in [2.45, 2.75) is 64.2 Å². The minimum Gasteiger partial charge on any atom is -0.490 e. The van der Waals surface area contributed by atoms with Crippen LogP contribution in [0.25, 0.3) is 23.0 Å². The molecule has 0 bridgehead atoms. The van der Waals surface area contributed by atoms with Gasteiger partial charge in [-0.05, 0) is 77.4 Å². The third kappa shape index (κ3) is 12.4. The zero-order valence-electron chi connectivity index (χ0n) is 29.4. The molecular formula is C33H38N8O10S. The zero-order chi connectivity index (χ0) is 38.1. The highest BCUT2D eigenvalue weighted by Crippen LogP contribution is 2.20. The summed E-state index contributed by atoms with van der Waals surface area (Å²) in [4.78, 5) is 45.3. The van der Waals surface area contributed by atoms with Gasteiger partial charge in [-0.3, -0.25) is 33.8 Å². The van der Waals surface area contributed by atoms with Gasteiger partial charge >= 0.3 is 11.9 Å². The van der Waals surface area contributed by atoms with E-state index in [4.69, 9.17) is 18.4 Å². The van der Waals surface area contributed by atoms with Crippen LogP contribution in [0.15, 0.2) is 65.8 Å². The van der Waals surface area contributed by atoms with Crippen molar-refractivity contribution in [3.8, 4) is 28.8 Å². The maximum atomic E-state index is 12.5. The molecule has 4 rings (SSSR count). The standard InChI is InChI=1S/C33H38N8O10S/c1-32(2,3)50-28(42)20-40(21-29(43)51-33(4,5)6)19-22-7-13-26(34-17-22)30-36-38-31(39-37-30)27-14-10-24(18-35-27)48-15-16-49-52(46,47)25-11-8-23(9-12-25)41(44)45/h7-14,17-18H,15-16,19-21H2,1-6H3. The molecule has 0 radical (unpaired) electrons. The van der Waals surface area contributed by atoms with E-state index < -0.39 is 38.2 Å². The van der Waals surface area contributed by atoms with Gasteiger partial charge in [-0.25, -0.2) is 4.98 Å². The Morgan fingerprint density at radius 2 is 1.27 bits per heavy atom. The van der Waals surface area contributed by atoms with Crippen LogP contribution in [0, 0.1) is 10.1 Å². The summed E-state index contributed by atoms with van der Waals surface area (Å²) in [5, 5.41) is 27.2. The lowest BCUT2D eigenvalue weighted by atomic mass is 10.2. The van der Waals surface area contributed by atoms with Gasteiger partial charge in [-0.2, -0.15) is 8.42 Å². The van der Waals surface area contributed by atoms with E-state index in [1.807, 2.05) is 0 Å². The quantitative estimate of drug-likeness (QED) is 0.0558. The molecule has 0 aliphatic heterocycles. The Morgan fingerprint density at radius 3 is 1.71 bits per heavy atom. The van der Waals surface area contributed by atoms with Crippen molar-refractivity contribution >= 4 is 27.7 Å². The third-order valence-electron chi connectivity index (χ3n) is 6.38. The predicted octanol–water partition coefficient (Wildman–Crippen LogP) is 3.57. The first-order valence-corrected chi connectivity index (χ1v) is 17.2. The van der Waals surface area contributed by atoms with Gasteiger partial charge in [-0.1, -0.05) is 6.07 Å². The van der Waals surface area contributed by atoms with Crippen LogP contribution in [0.3, 0.4) is 0 Å². The topological polar surface area (TPSA) is 229 Å². The average molecular weight is 739 g/mol. The van der Waals surface area contributed by atoms with Gasteiger partial charge in [0.15, 0.2) is 0 Å². The second-order valence-corrected chi connectivity index (χ2v) is 14.8. The molecule has 0 N–H and O–H groups in total. The molecule has 0 aliphatic rings. The molecule has 18 nitrogen and oxygen atoms in total. The number of nitrogens with zero attached hydrogens (tertiary/aromatic N) is 8. The molecule has 3 aromatic heterocycles. The molecule has 4 aromatic rings. The number of hydrogen-bond donors (Lipinski definition) is 0. The number of carbonyl (C=O) groups excluding carboxylic acids is 2. The Labute approximate surface area is 299 Å². The number of non-ortho nitro benzene ring substituents is 1. The largest absolute Gasteiger partial charge is 0.490 e. The summed E-state index contributed by atoms with van der Waals surface area (Å²) < 4.78 is 45.9. The highest BCUT2D eigenvalue weighted by Gasteiger charge is 2.24. The van der Waals surface area contributed by atoms with Crippen LogP contribution in [-0.2, 0) is 39.9 Å². The van der Waals surface area contributed by atoms with E-state index in [1.165, 1.54) is 6.20 Å². The molecule has 0 unspecified atom stereocenters. The van der Waals surface area contributed by atoms with Crippen LogP contribution in [0.4, 0.5) is 5.69 Å². The molecule has 0 spiro atoms. The van der Waals surface area contributed by atoms with E-state index in [-0.39, 0.29) is 55.1 Å². The summed E-state index contributed by atoms with van der Waals surface area (Å²) in [6.07, 6.45) is 2.95. The fourth-order valence-corrected chi connectivity index (χ4v) is 5.22. The van der Waals surface area contributed by atoms with E-state index in [0.29, 0.717) is 22.7 Å². The van der Waals surface area contributed by atoms with E-state index in [9.17, 15) is 28.1 Å². The van der Waals surface area contributed by atoms with Crippen molar-refractivity contribution in [1.29, 1.82) is 0 Å². The summed E-state index contributed by atoms with van der Waals surface area (Å²) in [6, 6.07) is 10.9. The summed E-state index contributed by atoms with van der Waals surface area (Å²) in [7, 11) is -4.14. The molecule has 19 heteroatoms. The first-order chi connectivity index (χ1) is 24.4. The first-order valence-electron chi connectivity index (χ1n) is 15.8. The lowest BCUT2D eigenvalue weighted by Gasteiger charge is -2.26. The Balaban J connectivity index is 1.31. The Bertz CT molecular complexity index is 1920. The number of hydrogen-bond acceptors (Lipinski definition) is 17. The Morgan fingerprint density at radius 1 is 0.750 bits per heavy atom. The fraction of sp³-hybridized carbons (Fsp3) is 0.394. The van der Waals surface area contributed by atoms with Crippen LogP contribution >= 0.6 is 0 Å². The fourth-order valence-electron chi connectivity index (χ4n) is 4.33. The molecule has 52 heavy (non-hydrogen) atoms. The van der Waals surface area contributed by atoms with E-state index in [1.54, 1.807) is 76.9 Å². The minimum atomic E-state index is -4.14. The van der Waals surface area contributed by atoms with Crippen LogP contribution < -0.4 is 4.74 Å². The van der Waals surface area contributed by atoms with Crippen molar-refractivity contribution in [3.63, 3.8) is 0 Å². The number of esters is 2. The highest BCUT2D eigenvalue weighted by atomic mass is 32.2. The first kappa shape index (κ1) is 39.3. The number of pyridine rings is 2. The molecule has 0 atom stereocenters. The van der Waals surface area contributed by atoms with Gasteiger partial charge in [0.2, 0.25) is 11.6 Å². The number of rotatable bonds is 15. The molecule has 3 heterocycles. The maximum absolute atomic E-state index is 12.5. The van der Waals surface area contributed by atoms with Gasteiger partial charge in [0.1, 0.15) is 41.6 Å². The highest BCUT2D eigenvalue weighted by molar-refractivity contribution is 7.86. The number of benzene rings is 1. The second kappa shape index (κ2) is 16.7. The van der Waals surface area contributed by atoms with Crippen molar-refractivity contribution in [3.05, 3.63) is 76.6 Å². The number of nitro benzene ring substituents is 1. The summed E-state index contributed by atoms with van der Waals surface area (Å²) in [5.41, 5.74) is -0.179. The summed E-state index contributed by atoms with van der Waals surface area (Å²) in [5.74, 6) is -0.367. The van der Waals surface area contributed by atoms with E-state index in [0.717, 1.165) is 24.3 Å². The lowest BCUT2D eigenvalue weighted by Crippen LogP contribution is -2.39. The number of aromatic nitrogens is 6. The van der Waals surface area contributed by atoms with Gasteiger partial charge in [0.25, 0.3) is 15.8 Å². The van der Waals surface area contributed by atoms with Crippen LogP contribution in [-0.4, -0.2) is 98.0 Å². The second-order valence-electron chi connectivity index (χ2n) is 13.2. The maximum Gasteiger partial charge on any atom is 0.320 e. The summed E-state index contributed by atoms with van der Waals surface area (Å²) in [6.45, 7) is 10.1. The van der Waals surface area contributed by atoms with Crippen molar-refractivity contribution < 1.29 is 41.3 Å². The van der Waals surface area contributed by atoms with E-state index >= 15 is 0 Å². The normalized spacial score (nSPS) is 12.0. The summed E-state index contributed by atoms with van der Waals surface area (Å²) >= 11 is 0. The number of nitro groups is 1. The smallest absolute Gasteiger partial charge is 0.320 e. The minimum absolute atomic E-state index is 0.126. The Kier molecular flexibility index (Phi) is 12.6. The molecule has 0 saturated heterocycles. The predicted molar refractivity (Wildman–Crippen MR) is 183 cm³/mol. The Hall–Kier alpha value is -5.53. The number of carbonyl (C=O) groups is 2. The third-order valence-corrected chi connectivity index (χ3v) is 7.70. The van der Waals surface area contributed by atoms with Crippen molar-refractivity contribution in [2.24, 2.45) is 0 Å². The van der Waals surface area contributed by atoms with Crippen LogP contribution in [0.5, 0.6) is 5.75 Å². The van der Waals surface area contributed by atoms with Gasteiger partial charge in [-0.15, -0.1) is 20.4 Å². The zero-order valence-corrected chi connectivity index (χ0v) is 30.2.